The highest BCUT2D eigenvalue weighted by Crippen LogP contribution is 2.25. The van der Waals surface area contributed by atoms with Gasteiger partial charge in [-0.25, -0.2) is 4.98 Å². The number of pyridine rings is 1. The van der Waals surface area contributed by atoms with Gasteiger partial charge in [0.05, 0.1) is 11.7 Å². The molecule has 78 valence electrons. The van der Waals surface area contributed by atoms with E-state index in [2.05, 4.69) is 10.3 Å². The van der Waals surface area contributed by atoms with Gasteiger partial charge in [-0.1, -0.05) is 6.07 Å². The number of imidazole rings is 1. The van der Waals surface area contributed by atoms with Crippen molar-refractivity contribution in [1.82, 2.24) is 14.7 Å². The third-order valence-corrected chi connectivity index (χ3v) is 2.98. The molecule has 1 aliphatic heterocycles. The van der Waals surface area contributed by atoms with Crippen LogP contribution in [0.25, 0.3) is 5.52 Å². The zero-order valence-corrected chi connectivity index (χ0v) is 8.35. The Labute approximate surface area is 87.6 Å². The molecule has 1 aliphatic rings. The topological polar surface area (TPSA) is 49.6 Å². The van der Waals surface area contributed by atoms with Crippen LogP contribution >= 0.6 is 0 Å². The van der Waals surface area contributed by atoms with E-state index in [1.54, 1.807) is 6.07 Å². The monoisotopic (exact) mass is 203 g/mol. The summed E-state index contributed by atoms with van der Waals surface area (Å²) in [7, 11) is 0. The minimum absolute atomic E-state index is 0.270. The van der Waals surface area contributed by atoms with E-state index < -0.39 is 0 Å². The average molecular weight is 203 g/mol. The number of hydrogen-bond donors (Lipinski definition) is 2. The predicted octanol–water partition coefficient (Wildman–Crippen LogP) is 1.12. The number of nitrogens with zero attached hydrogens (tertiary/aromatic N) is 2. The number of aromatic hydroxyl groups is 1. The first kappa shape index (κ1) is 8.73. The SMILES string of the molecule is Oc1cccc2cnc(C3CCNC3)n12. The molecule has 0 saturated carbocycles. The van der Waals surface area contributed by atoms with Gasteiger partial charge in [0.1, 0.15) is 5.82 Å². The van der Waals surface area contributed by atoms with Gasteiger partial charge in [0.15, 0.2) is 5.88 Å². The lowest BCUT2D eigenvalue weighted by Crippen LogP contribution is -2.10. The van der Waals surface area contributed by atoms with Crippen molar-refractivity contribution in [2.45, 2.75) is 12.3 Å². The van der Waals surface area contributed by atoms with Gasteiger partial charge in [-0.05, 0) is 25.1 Å². The second-order valence-electron chi connectivity index (χ2n) is 3.95. The quantitative estimate of drug-likeness (QED) is 0.730. The molecule has 4 heteroatoms. The molecular formula is C11H13N3O. The van der Waals surface area contributed by atoms with Crippen LogP contribution in [0, 0.1) is 0 Å². The third kappa shape index (κ3) is 1.29. The fourth-order valence-corrected chi connectivity index (χ4v) is 2.22. The van der Waals surface area contributed by atoms with Crippen LogP contribution in [-0.4, -0.2) is 27.6 Å². The standard InChI is InChI=1S/C11H13N3O/c15-10-3-1-2-9-7-13-11(14(9)10)8-4-5-12-6-8/h1-3,7-8,12,15H,4-6H2. The average Bonchev–Trinajstić information content (AvgIpc) is 2.85. The summed E-state index contributed by atoms with van der Waals surface area (Å²) >= 11 is 0. The highest BCUT2D eigenvalue weighted by Gasteiger charge is 2.21. The minimum Gasteiger partial charge on any atom is -0.494 e. The van der Waals surface area contributed by atoms with E-state index in [-0.39, 0.29) is 5.88 Å². The molecule has 0 amide bonds. The Morgan fingerprint density at radius 2 is 2.40 bits per heavy atom. The molecule has 0 radical (unpaired) electrons. The molecule has 2 N–H and O–H groups in total. The second-order valence-corrected chi connectivity index (χ2v) is 3.95. The maximum Gasteiger partial charge on any atom is 0.197 e. The Morgan fingerprint density at radius 3 is 3.20 bits per heavy atom. The zero-order chi connectivity index (χ0) is 10.3. The van der Waals surface area contributed by atoms with Crippen molar-refractivity contribution in [2.24, 2.45) is 0 Å². The highest BCUT2D eigenvalue weighted by atomic mass is 16.3. The van der Waals surface area contributed by atoms with Crippen molar-refractivity contribution < 1.29 is 5.11 Å². The second kappa shape index (κ2) is 3.24. The number of aromatic nitrogens is 2. The van der Waals surface area contributed by atoms with Crippen LogP contribution in [0.4, 0.5) is 0 Å². The number of nitrogens with one attached hydrogen (secondary N) is 1. The highest BCUT2D eigenvalue weighted by molar-refractivity contribution is 5.49. The summed E-state index contributed by atoms with van der Waals surface area (Å²) in [5.41, 5.74) is 0.955. The largest absolute Gasteiger partial charge is 0.494 e. The van der Waals surface area contributed by atoms with Crippen LogP contribution in [0.1, 0.15) is 18.2 Å². The van der Waals surface area contributed by atoms with Crippen LogP contribution in [0.5, 0.6) is 5.88 Å². The molecule has 1 atom stereocenters. The maximum atomic E-state index is 9.80. The van der Waals surface area contributed by atoms with Crippen molar-refractivity contribution in [3.63, 3.8) is 0 Å². The molecule has 0 aliphatic carbocycles. The van der Waals surface area contributed by atoms with Crippen LogP contribution in [0.15, 0.2) is 24.4 Å². The molecule has 3 heterocycles. The summed E-state index contributed by atoms with van der Waals surface area (Å²) in [6, 6.07) is 5.49. The van der Waals surface area contributed by atoms with Crippen molar-refractivity contribution in [2.75, 3.05) is 13.1 Å². The lowest BCUT2D eigenvalue weighted by Gasteiger charge is -2.08. The molecule has 3 rings (SSSR count). The zero-order valence-electron chi connectivity index (χ0n) is 8.35. The maximum absolute atomic E-state index is 9.80. The van der Waals surface area contributed by atoms with Gasteiger partial charge in [-0.2, -0.15) is 0 Å². The first-order chi connectivity index (χ1) is 7.36. The van der Waals surface area contributed by atoms with Gasteiger partial charge >= 0.3 is 0 Å². The minimum atomic E-state index is 0.270. The molecule has 15 heavy (non-hydrogen) atoms. The van der Waals surface area contributed by atoms with E-state index in [1.165, 1.54) is 0 Å². The molecule has 0 aromatic carbocycles. The summed E-state index contributed by atoms with van der Waals surface area (Å²) in [4.78, 5) is 4.40. The van der Waals surface area contributed by atoms with Crippen LogP contribution in [0.2, 0.25) is 0 Å². The van der Waals surface area contributed by atoms with Gasteiger partial charge in [0.2, 0.25) is 0 Å². The first-order valence-corrected chi connectivity index (χ1v) is 5.22. The van der Waals surface area contributed by atoms with Crippen LogP contribution in [-0.2, 0) is 0 Å². The van der Waals surface area contributed by atoms with E-state index in [4.69, 9.17) is 0 Å². The van der Waals surface area contributed by atoms with Crippen molar-refractivity contribution in [3.8, 4) is 5.88 Å². The van der Waals surface area contributed by atoms with Gasteiger partial charge in [0, 0.05) is 12.5 Å². The summed E-state index contributed by atoms with van der Waals surface area (Å²) in [6.45, 7) is 1.99. The van der Waals surface area contributed by atoms with Crippen molar-refractivity contribution >= 4 is 5.52 Å². The molecule has 0 bridgehead atoms. The molecule has 1 saturated heterocycles. The molecule has 0 spiro atoms. The summed E-state index contributed by atoms with van der Waals surface area (Å²) in [5.74, 6) is 1.65. The lowest BCUT2D eigenvalue weighted by molar-refractivity contribution is 0.440. The van der Waals surface area contributed by atoms with Gasteiger partial charge < -0.3 is 10.4 Å². The van der Waals surface area contributed by atoms with E-state index in [9.17, 15) is 5.11 Å². The third-order valence-electron chi connectivity index (χ3n) is 2.98. The van der Waals surface area contributed by atoms with Gasteiger partial charge in [-0.15, -0.1) is 0 Å². The summed E-state index contributed by atoms with van der Waals surface area (Å²) < 4.78 is 1.83. The molecule has 1 unspecified atom stereocenters. The molecular weight excluding hydrogens is 190 g/mol. The van der Waals surface area contributed by atoms with E-state index in [0.29, 0.717) is 5.92 Å². The number of fused-ring (bicyclic) bond motifs is 1. The lowest BCUT2D eigenvalue weighted by atomic mass is 10.1. The molecule has 1 fully saturated rings. The summed E-state index contributed by atoms with van der Waals surface area (Å²) in [5, 5.41) is 13.1. The Balaban J connectivity index is 2.18. The fraction of sp³-hybridized carbons (Fsp3) is 0.364. The molecule has 2 aromatic rings. The Bertz CT molecular complexity index is 486. The summed E-state index contributed by atoms with van der Waals surface area (Å²) in [6.07, 6.45) is 2.90. The number of hydrogen-bond acceptors (Lipinski definition) is 3. The van der Waals surface area contributed by atoms with E-state index in [0.717, 1.165) is 30.9 Å². The molecule has 4 nitrogen and oxygen atoms in total. The Kier molecular flexibility index (Phi) is 1.89. The Morgan fingerprint density at radius 1 is 1.47 bits per heavy atom. The number of rotatable bonds is 1. The van der Waals surface area contributed by atoms with E-state index in [1.807, 2.05) is 22.7 Å². The predicted molar refractivity (Wildman–Crippen MR) is 57.1 cm³/mol. The van der Waals surface area contributed by atoms with E-state index >= 15 is 0 Å². The van der Waals surface area contributed by atoms with Crippen LogP contribution in [0.3, 0.4) is 0 Å². The fourth-order valence-electron chi connectivity index (χ4n) is 2.22. The first-order valence-electron chi connectivity index (χ1n) is 5.22. The van der Waals surface area contributed by atoms with Gasteiger partial charge in [-0.3, -0.25) is 4.40 Å². The van der Waals surface area contributed by atoms with Gasteiger partial charge in [0.25, 0.3) is 0 Å². The Hall–Kier alpha value is -1.55. The normalized spacial score (nSPS) is 21.2. The smallest absolute Gasteiger partial charge is 0.197 e. The van der Waals surface area contributed by atoms with Crippen LogP contribution < -0.4 is 5.32 Å². The van der Waals surface area contributed by atoms with Crippen molar-refractivity contribution in [3.05, 3.63) is 30.2 Å². The molecule has 2 aromatic heterocycles. The van der Waals surface area contributed by atoms with Crippen molar-refractivity contribution in [1.29, 1.82) is 0 Å².